The van der Waals surface area contributed by atoms with Crippen LogP contribution in [0.15, 0.2) is 28.7 Å². The number of fused-ring (bicyclic) bond motifs is 1. The van der Waals surface area contributed by atoms with Crippen molar-refractivity contribution in [2.24, 2.45) is 17.8 Å². The van der Waals surface area contributed by atoms with Gasteiger partial charge in [0.1, 0.15) is 24.1 Å². The van der Waals surface area contributed by atoms with Crippen molar-refractivity contribution in [1.29, 1.82) is 0 Å². The van der Waals surface area contributed by atoms with Crippen LogP contribution in [0.25, 0.3) is 11.0 Å². The molecule has 1 aliphatic carbocycles. The molecule has 1 aromatic heterocycles. The number of nitrogens with one attached hydrogen (secondary N) is 2. The lowest BCUT2D eigenvalue weighted by Gasteiger charge is -2.32. The number of amides is 2. The minimum atomic E-state index is -0.628. The van der Waals surface area contributed by atoms with E-state index in [9.17, 15) is 23.6 Å². The average Bonchev–Trinajstić information content (AvgIpc) is 3.72. The highest BCUT2D eigenvalue weighted by molar-refractivity contribution is 5.98. The molecule has 2 aliphatic rings. The molecular formula is C40H62FN3O8. The van der Waals surface area contributed by atoms with Gasteiger partial charge in [-0.05, 0) is 109 Å². The second-order valence-corrected chi connectivity index (χ2v) is 15.2. The molecular weight excluding hydrogens is 669 g/mol. The third kappa shape index (κ3) is 14.1. The van der Waals surface area contributed by atoms with Crippen molar-refractivity contribution in [3.63, 3.8) is 0 Å². The Morgan fingerprint density at radius 2 is 1.77 bits per heavy atom. The Morgan fingerprint density at radius 3 is 2.42 bits per heavy atom. The molecule has 1 aromatic carbocycles. The second-order valence-electron chi connectivity index (χ2n) is 15.2. The van der Waals surface area contributed by atoms with Crippen LogP contribution in [0.3, 0.4) is 0 Å². The van der Waals surface area contributed by atoms with Gasteiger partial charge in [-0.2, -0.15) is 0 Å². The van der Waals surface area contributed by atoms with Gasteiger partial charge in [-0.3, -0.25) is 9.69 Å². The second kappa shape index (κ2) is 21.9. The predicted molar refractivity (Wildman–Crippen MR) is 200 cm³/mol. The summed E-state index contributed by atoms with van der Waals surface area (Å²) >= 11 is 0. The Kier molecular flexibility index (Phi) is 18.1. The summed E-state index contributed by atoms with van der Waals surface area (Å²) in [6, 6.07) is 6.52. The van der Waals surface area contributed by atoms with Gasteiger partial charge >= 0.3 is 12.1 Å². The molecule has 52 heavy (non-hydrogen) atoms. The van der Waals surface area contributed by atoms with E-state index in [0.29, 0.717) is 43.5 Å². The van der Waals surface area contributed by atoms with Gasteiger partial charge in [0.2, 0.25) is 11.7 Å². The fourth-order valence-corrected chi connectivity index (χ4v) is 7.11. The molecule has 12 heteroatoms. The van der Waals surface area contributed by atoms with Crippen molar-refractivity contribution in [3.8, 4) is 0 Å². The number of hydrogen-bond acceptors (Lipinski definition) is 9. The van der Waals surface area contributed by atoms with E-state index in [2.05, 4.69) is 22.6 Å². The van der Waals surface area contributed by atoms with E-state index in [1.807, 2.05) is 19.1 Å². The summed E-state index contributed by atoms with van der Waals surface area (Å²) < 4.78 is 33.8. The molecule has 4 rings (SSSR count). The molecule has 2 aromatic rings. The highest BCUT2D eigenvalue weighted by Crippen LogP contribution is 2.39. The monoisotopic (exact) mass is 731 g/mol. The number of methoxy groups -OCH3 is 1. The van der Waals surface area contributed by atoms with Crippen LogP contribution < -0.4 is 10.6 Å². The molecule has 1 saturated heterocycles. The van der Waals surface area contributed by atoms with Crippen LogP contribution in [0, 0.1) is 17.8 Å². The molecule has 11 nitrogen and oxygen atoms in total. The van der Waals surface area contributed by atoms with Crippen LogP contribution in [0.1, 0.15) is 115 Å². The standard InChI is InChI=1S/C26H36N2O5.C14H26FNO3/c1-28-13-12-21(18-8-4-3-5-9-18)24(28)25(29)27-20-10-11-22-19(16-20)17-23(33-22)26(30)32-15-7-6-14-31-2;1-5-11(10-17)7-6-8-12(9-15)16-13(18)19-14(2,3)4/h10-11,16-18,21,24H,3-9,12-15H2,1-2H3,(H,27,29);10-12H,5-9H2,1-4H3,(H,16,18). The molecule has 2 N–H and O–H groups in total. The molecule has 4 atom stereocenters. The Morgan fingerprint density at radius 1 is 1.04 bits per heavy atom. The van der Waals surface area contributed by atoms with Gasteiger partial charge in [-0.25, -0.2) is 14.0 Å². The smallest absolute Gasteiger partial charge is 0.407 e. The number of anilines is 1. The number of likely N-dealkylation sites (tertiary alicyclic amines) is 1. The number of carbonyl (C=O) groups excluding carboxylic acids is 4. The number of furan rings is 1. The summed E-state index contributed by atoms with van der Waals surface area (Å²) in [5, 5.41) is 6.39. The minimum absolute atomic E-state index is 0.0294. The van der Waals surface area contributed by atoms with E-state index in [-0.39, 0.29) is 23.6 Å². The van der Waals surface area contributed by atoms with Crippen molar-refractivity contribution >= 4 is 40.9 Å². The highest BCUT2D eigenvalue weighted by Gasteiger charge is 2.41. The summed E-state index contributed by atoms with van der Waals surface area (Å²) in [7, 11) is 3.71. The first-order valence-corrected chi connectivity index (χ1v) is 19.1. The molecule has 0 radical (unpaired) electrons. The van der Waals surface area contributed by atoms with E-state index < -0.39 is 30.4 Å². The van der Waals surface area contributed by atoms with Gasteiger partial charge in [-0.15, -0.1) is 0 Å². The molecule has 1 saturated carbocycles. The van der Waals surface area contributed by atoms with Gasteiger partial charge < -0.3 is 34.1 Å². The molecule has 2 heterocycles. The fraction of sp³-hybridized carbons (Fsp3) is 0.700. The summed E-state index contributed by atoms with van der Waals surface area (Å²) in [6.07, 6.45) is 12.1. The van der Waals surface area contributed by atoms with Gasteiger partial charge in [0, 0.05) is 30.7 Å². The number of likely N-dealkylation sites (N-methyl/N-ethyl adjacent to an activating group) is 1. The molecule has 2 amide bonds. The molecule has 0 spiro atoms. The van der Waals surface area contributed by atoms with Gasteiger partial charge in [0.15, 0.2) is 0 Å². The van der Waals surface area contributed by atoms with Crippen LogP contribution in [0.5, 0.6) is 0 Å². The zero-order chi connectivity index (χ0) is 38.1. The largest absolute Gasteiger partial charge is 0.460 e. The van der Waals surface area contributed by atoms with E-state index in [0.717, 1.165) is 56.0 Å². The average molecular weight is 732 g/mol. The van der Waals surface area contributed by atoms with Crippen molar-refractivity contribution in [1.82, 2.24) is 10.2 Å². The summed E-state index contributed by atoms with van der Waals surface area (Å²) in [5.41, 5.74) is 0.725. The number of rotatable bonds is 17. The number of alkyl carbamates (subject to hydrolysis) is 1. The van der Waals surface area contributed by atoms with Crippen molar-refractivity contribution in [3.05, 3.63) is 30.0 Å². The lowest BCUT2D eigenvalue weighted by molar-refractivity contribution is -0.121. The quantitative estimate of drug-likeness (QED) is 0.0940. The summed E-state index contributed by atoms with van der Waals surface area (Å²) in [5.74, 6) is 0.869. The normalized spacial score (nSPS) is 19.3. The van der Waals surface area contributed by atoms with Crippen molar-refractivity contribution in [2.75, 3.05) is 45.9 Å². The minimum Gasteiger partial charge on any atom is -0.460 e. The molecule has 292 valence electrons. The molecule has 2 fully saturated rings. The number of hydrogen-bond donors (Lipinski definition) is 2. The van der Waals surface area contributed by atoms with Crippen molar-refractivity contribution in [2.45, 2.75) is 122 Å². The lowest BCUT2D eigenvalue weighted by Crippen LogP contribution is -2.43. The van der Waals surface area contributed by atoms with Crippen LogP contribution in [0.4, 0.5) is 14.9 Å². The predicted octanol–water partition coefficient (Wildman–Crippen LogP) is 8.10. The number of halogens is 1. The zero-order valence-electron chi connectivity index (χ0n) is 32.2. The first-order valence-electron chi connectivity index (χ1n) is 19.1. The Hall–Kier alpha value is -3.51. The lowest BCUT2D eigenvalue weighted by atomic mass is 9.76. The Labute approximate surface area is 309 Å². The van der Waals surface area contributed by atoms with E-state index in [4.69, 9.17) is 18.6 Å². The number of unbranched alkanes of at least 4 members (excludes halogenated alkanes) is 1. The van der Waals surface area contributed by atoms with E-state index >= 15 is 0 Å². The van der Waals surface area contributed by atoms with E-state index in [1.165, 1.54) is 32.1 Å². The van der Waals surface area contributed by atoms with Crippen molar-refractivity contribution < 1.29 is 42.2 Å². The third-order valence-electron chi connectivity index (χ3n) is 9.93. The highest BCUT2D eigenvalue weighted by atomic mass is 19.1. The number of esters is 1. The van der Waals surface area contributed by atoms with Crippen LogP contribution in [-0.2, 0) is 23.8 Å². The zero-order valence-corrected chi connectivity index (χ0v) is 32.2. The molecule has 0 bridgehead atoms. The SMILES string of the molecule is CCC(C=O)CCCC(CF)NC(=O)OC(C)(C)C.COCCCCOC(=O)c1cc2cc(NC(=O)C3C(C4CCCCC4)CCN3C)ccc2o1. The van der Waals surface area contributed by atoms with Crippen LogP contribution in [-0.4, -0.2) is 87.4 Å². The molecule has 1 aliphatic heterocycles. The maximum atomic E-state index is 13.3. The summed E-state index contributed by atoms with van der Waals surface area (Å²) in [6.45, 7) is 8.54. The summed E-state index contributed by atoms with van der Waals surface area (Å²) in [4.78, 5) is 49.9. The van der Waals surface area contributed by atoms with Crippen LogP contribution >= 0.6 is 0 Å². The number of alkyl halides is 1. The molecule has 4 unspecified atom stereocenters. The third-order valence-corrected chi connectivity index (χ3v) is 9.93. The number of aldehydes is 1. The first-order chi connectivity index (χ1) is 24.9. The van der Waals surface area contributed by atoms with Crippen LogP contribution in [0.2, 0.25) is 0 Å². The van der Waals surface area contributed by atoms with Gasteiger partial charge in [-0.1, -0.05) is 45.4 Å². The number of carbonyl (C=O) groups is 4. The number of nitrogens with zero attached hydrogens (tertiary/aromatic N) is 1. The van der Waals surface area contributed by atoms with Gasteiger partial charge in [0.05, 0.1) is 18.7 Å². The number of ether oxygens (including phenoxy) is 3. The Balaban J connectivity index is 0.000000329. The van der Waals surface area contributed by atoms with E-state index in [1.54, 1.807) is 40.0 Å². The first kappa shape index (κ1) is 42.9. The number of benzene rings is 1. The fourth-order valence-electron chi connectivity index (χ4n) is 7.11. The Bertz CT molecular complexity index is 1400. The van der Waals surface area contributed by atoms with Gasteiger partial charge in [0.25, 0.3) is 0 Å². The maximum absolute atomic E-state index is 13.3. The maximum Gasteiger partial charge on any atom is 0.407 e. The topological polar surface area (TPSA) is 136 Å².